The maximum atomic E-state index is 12.9. The first kappa shape index (κ1) is 23.8. The summed E-state index contributed by atoms with van der Waals surface area (Å²) in [5.41, 5.74) is -3.70. The summed E-state index contributed by atoms with van der Waals surface area (Å²) >= 11 is 0. The molecule has 0 aliphatic heterocycles. The molecule has 0 bridgehead atoms. The fraction of sp³-hybridized carbons (Fsp3) is 0.294. The molecule has 30 heavy (non-hydrogen) atoms. The van der Waals surface area contributed by atoms with E-state index in [1.54, 1.807) is 0 Å². The first-order valence-electron chi connectivity index (χ1n) is 7.64. The largest absolute Gasteiger partial charge is 0.416 e. The van der Waals surface area contributed by atoms with E-state index in [1.807, 2.05) is 0 Å². The molecule has 166 valence electrons. The Morgan fingerprint density at radius 3 is 0.800 bits per heavy atom. The molecule has 0 unspecified atom stereocenters. The van der Waals surface area contributed by atoms with E-state index in [4.69, 9.17) is 5.73 Å². The summed E-state index contributed by atoms with van der Waals surface area (Å²) in [4.78, 5) is 0. The molecule has 0 saturated carbocycles. The van der Waals surface area contributed by atoms with Crippen LogP contribution in [0.1, 0.15) is 39.4 Å². The number of rotatable bonds is 2. The van der Waals surface area contributed by atoms with Crippen LogP contribution in [-0.2, 0) is 24.7 Å². The van der Waals surface area contributed by atoms with Crippen molar-refractivity contribution >= 4 is 0 Å². The van der Waals surface area contributed by atoms with Gasteiger partial charge in [0, 0.05) is 0 Å². The lowest BCUT2D eigenvalue weighted by Gasteiger charge is -2.20. The second-order valence-electron chi connectivity index (χ2n) is 6.16. The van der Waals surface area contributed by atoms with Crippen molar-refractivity contribution in [1.29, 1.82) is 0 Å². The molecule has 2 rings (SSSR count). The van der Waals surface area contributed by atoms with Crippen LogP contribution in [0.2, 0.25) is 0 Å². The van der Waals surface area contributed by atoms with Crippen molar-refractivity contribution in [3.8, 4) is 0 Å². The van der Waals surface area contributed by atoms with Gasteiger partial charge in [-0.15, -0.1) is 0 Å². The number of nitrogens with two attached hydrogens (primary N) is 1. The average Bonchev–Trinajstić information content (AvgIpc) is 2.57. The van der Waals surface area contributed by atoms with Gasteiger partial charge >= 0.3 is 24.7 Å². The predicted molar refractivity (Wildman–Crippen MR) is 78.9 cm³/mol. The molecule has 0 radical (unpaired) electrons. The minimum atomic E-state index is -5.28. The fourth-order valence-electron chi connectivity index (χ4n) is 2.51. The Balaban J connectivity index is 2.72. The van der Waals surface area contributed by atoms with E-state index in [1.165, 1.54) is 0 Å². The van der Waals surface area contributed by atoms with E-state index in [-0.39, 0.29) is 36.4 Å². The summed E-state index contributed by atoms with van der Waals surface area (Å²) in [6, 6.07) is -2.11. The fourth-order valence-corrected chi connectivity index (χ4v) is 2.51. The smallest absolute Gasteiger partial charge is 0.320 e. The van der Waals surface area contributed by atoms with Crippen molar-refractivity contribution in [1.82, 2.24) is 0 Å². The molecular weight excluding hydrogens is 446 g/mol. The molecule has 0 aromatic heterocycles. The molecule has 1 nitrogen and oxygen atoms in total. The van der Waals surface area contributed by atoms with Crippen molar-refractivity contribution in [2.45, 2.75) is 30.7 Å². The van der Waals surface area contributed by atoms with Gasteiger partial charge in [0.15, 0.2) is 0 Å². The third-order valence-electron chi connectivity index (χ3n) is 3.94. The Morgan fingerprint density at radius 2 is 0.633 bits per heavy atom. The third-order valence-corrected chi connectivity index (χ3v) is 3.94. The van der Waals surface area contributed by atoms with Gasteiger partial charge < -0.3 is 5.73 Å². The second kappa shape index (κ2) is 7.36. The molecule has 0 spiro atoms. The zero-order valence-corrected chi connectivity index (χ0v) is 14.2. The van der Waals surface area contributed by atoms with E-state index >= 15 is 0 Å². The molecule has 0 saturated heterocycles. The van der Waals surface area contributed by atoms with Crippen LogP contribution >= 0.6 is 0 Å². The van der Waals surface area contributed by atoms with Gasteiger partial charge in [-0.05, 0) is 47.5 Å². The molecule has 0 aliphatic carbocycles. The molecule has 2 aromatic carbocycles. The molecule has 0 fully saturated rings. The summed E-state index contributed by atoms with van der Waals surface area (Å²) in [6.45, 7) is 0. The van der Waals surface area contributed by atoms with Crippen molar-refractivity contribution in [3.05, 3.63) is 69.8 Å². The predicted octanol–water partition coefficient (Wildman–Crippen LogP) is 6.81. The first-order chi connectivity index (χ1) is 13.3. The zero-order chi connectivity index (χ0) is 23.3. The lowest BCUT2D eigenvalue weighted by Crippen LogP contribution is -2.19. The molecular formula is C17H9F12N. The first-order valence-corrected chi connectivity index (χ1v) is 7.64. The summed E-state index contributed by atoms with van der Waals surface area (Å²) in [5, 5.41) is 0. The van der Waals surface area contributed by atoms with Crippen LogP contribution in [0.15, 0.2) is 36.4 Å². The van der Waals surface area contributed by atoms with Crippen LogP contribution < -0.4 is 5.73 Å². The summed E-state index contributed by atoms with van der Waals surface area (Å²) in [6.07, 6.45) is -21.1. The lowest BCUT2D eigenvalue weighted by molar-refractivity contribution is -0.144. The summed E-state index contributed by atoms with van der Waals surface area (Å²) < 4.78 is 155. The SMILES string of the molecule is NC(c1cc(C(F)(F)F)cc(C(F)(F)F)c1)c1cc(C(F)(F)F)cc(C(F)(F)F)c1. The van der Waals surface area contributed by atoms with Gasteiger partial charge in [0.2, 0.25) is 0 Å². The number of alkyl halides is 12. The molecule has 0 heterocycles. The average molecular weight is 455 g/mol. The molecule has 2 N–H and O–H groups in total. The maximum absolute atomic E-state index is 12.9. The minimum absolute atomic E-state index is 0.132. The normalized spacial score (nSPS) is 13.8. The van der Waals surface area contributed by atoms with E-state index in [0.29, 0.717) is 0 Å². The summed E-state index contributed by atoms with van der Waals surface area (Å²) in [5.74, 6) is 0. The van der Waals surface area contributed by atoms with Gasteiger partial charge in [-0.3, -0.25) is 0 Å². The van der Waals surface area contributed by atoms with Crippen LogP contribution in [0.3, 0.4) is 0 Å². The number of halogens is 12. The summed E-state index contributed by atoms with van der Waals surface area (Å²) in [7, 11) is 0. The highest BCUT2D eigenvalue weighted by molar-refractivity contribution is 5.42. The quantitative estimate of drug-likeness (QED) is 0.495. The monoisotopic (exact) mass is 455 g/mol. The Hall–Kier alpha value is -2.44. The molecule has 13 heteroatoms. The highest BCUT2D eigenvalue weighted by Gasteiger charge is 2.39. The van der Waals surface area contributed by atoms with Crippen LogP contribution in [0.25, 0.3) is 0 Å². The van der Waals surface area contributed by atoms with E-state index in [2.05, 4.69) is 0 Å². The molecule has 0 aliphatic rings. The number of hydrogen-bond donors (Lipinski definition) is 1. The zero-order valence-electron chi connectivity index (χ0n) is 14.2. The van der Waals surface area contributed by atoms with Crippen molar-refractivity contribution < 1.29 is 52.7 Å². The van der Waals surface area contributed by atoms with Gasteiger partial charge in [-0.25, -0.2) is 0 Å². The highest BCUT2D eigenvalue weighted by atomic mass is 19.4. The van der Waals surface area contributed by atoms with Crippen molar-refractivity contribution in [2.75, 3.05) is 0 Å². The Labute approximate surface area is 160 Å². The van der Waals surface area contributed by atoms with Crippen LogP contribution in [-0.4, -0.2) is 0 Å². The highest BCUT2D eigenvalue weighted by Crippen LogP contribution is 2.40. The van der Waals surface area contributed by atoms with E-state index in [0.717, 1.165) is 0 Å². The molecule has 0 amide bonds. The number of hydrogen-bond acceptors (Lipinski definition) is 1. The Kier molecular flexibility index (Phi) is 5.85. The van der Waals surface area contributed by atoms with E-state index < -0.39 is 64.1 Å². The Bertz CT molecular complexity index is 778. The van der Waals surface area contributed by atoms with Crippen molar-refractivity contribution in [2.24, 2.45) is 5.73 Å². The van der Waals surface area contributed by atoms with Crippen LogP contribution in [0.4, 0.5) is 52.7 Å². The third kappa shape index (κ3) is 5.37. The van der Waals surface area contributed by atoms with E-state index in [9.17, 15) is 52.7 Å². The van der Waals surface area contributed by atoms with Gasteiger partial charge in [0.05, 0.1) is 28.3 Å². The van der Waals surface area contributed by atoms with Crippen LogP contribution in [0, 0.1) is 0 Å². The maximum Gasteiger partial charge on any atom is 0.416 e. The topological polar surface area (TPSA) is 26.0 Å². The van der Waals surface area contributed by atoms with Crippen LogP contribution in [0.5, 0.6) is 0 Å². The standard InChI is InChI=1S/C17H9F12N/c18-14(19,20)9-1-7(2-10(5-9)15(21,22)23)13(30)8-3-11(16(24,25)26)6-12(4-8)17(27,28)29/h1-6,13H,30H2. The second-order valence-corrected chi connectivity index (χ2v) is 6.16. The van der Waals surface area contributed by atoms with Gasteiger partial charge in [0.1, 0.15) is 0 Å². The van der Waals surface area contributed by atoms with Gasteiger partial charge in [-0.2, -0.15) is 52.7 Å². The minimum Gasteiger partial charge on any atom is -0.320 e. The lowest BCUT2D eigenvalue weighted by atomic mass is 9.92. The molecule has 2 aromatic rings. The van der Waals surface area contributed by atoms with Crippen molar-refractivity contribution in [3.63, 3.8) is 0 Å². The number of benzene rings is 2. The van der Waals surface area contributed by atoms with Gasteiger partial charge in [-0.1, -0.05) is 0 Å². The van der Waals surface area contributed by atoms with Gasteiger partial charge in [0.25, 0.3) is 0 Å². The molecule has 0 atom stereocenters. The Morgan fingerprint density at radius 1 is 0.433 bits per heavy atom.